The Balaban J connectivity index is 0. The van der Waals surface area contributed by atoms with Gasteiger partial charge in [-0.25, -0.2) is 0 Å². The first-order valence-electron chi connectivity index (χ1n) is 2.21. The molecule has 0 amide bonds. The van der Waals surface area contributed by atoms with Crippen LogP contribution in [-0.4, -0.2) is 25.3 Å². The minimum Gasteiger partial charge on any atom is -0.633 e. The Hall–Kier alpha value is 0.0900. The lowest BCUT2D eigenvalue weighted by Crippen LogP contribution is -2.31. The molecule has 0 saturated heterocycles. The number of quaternary nitrogens is 1. The van der Waals surface area contributed by atoms with Gasteiger partial charge < -0.3 is 9.85 Å². The number of hydroxylamine groups is 3. The van der Waals surface area contributed by atoms with Crippen molar-refractivity contribution in [1.82, 2.24) is 0 Å². The van der Waals surface area contributed by atoms with Crippen LogP contribution in [0.2, 0.25) is 0 Å². The van der Waals surface area contributed by atoms with Crippen molar-refractivity contribution in [2.75, 3.05) is 20.6 Å². The SMILES string of the molecule is C=CC[N+](C)(C)[O-].P. The topological polar surface area (TPSA) is 23.1 Å². The van der Waals surface area contributed by atoms with Gasteiger partial charge in [0.15, 0.2) is 0 Å². The molecule has 2 nitrogen and oxygen atoms in total. The lowest BCUT2D eigenvalue weighted by Gasteiger charge is -2.31. The molecule has 3 heteroatoms. The Morgan fingerprint density at radius 3 is 2.00 bits per heavy atom. The monoisotopic (exact) mass is 135 g/mol. The van der Waals surface area contributed by atoms with E-state index in [0.29, 0.717) is 6.54 Å². The van der Waals surface area contributed by atoms with Crippen LogP contribution in [0.5, 0.6) is 0 Å². The molecule has 0 heterocycles. The molecule has 0 radical (unpaired) electrons. The molecule has 0 aliphatic carbocycles. The maximum atomic E-state index is 10.6. The third-order valence-electron chi connectivity index (χ3n) is 0.569. The molecule has 1 atom stereocenters. The van der Waals surface area contributed by atoms with E-state index < -0.39 is 0 Å². The molecular formula is C5H14NOP. The van der Waals surface area contributed by atoms with E-state index in [-0.39, 0.29) is 14.5 Å². The summed E-state index contributed by atoms with van der Waals surface area (Å²) in [6, 6.07) is 0. The average Bonchev–Trinajstić information content (AvgIpc) is 1.30. The van der Waals surface area contributed by atoms with E-state index in [0.717, 1.165) is 0 Å². The van der Waals surface area contributed by atoms with Gasteiger partial charge in [-0.15, -0.1) is 0 Å². The molecule has 0 aromatic carbocycles. The molecule has 0 aromatic heterocycles. The molecule has 0 bridgehead atoms. The zero-order valence-electron chi connectivity index (χ0n) is 5.55. The Bertz CT molecular complexity index is 67.3. The molecule has 0 aromatic rings. The highest BCUT2D eigenvalue weighted by Gasteiger charge is 1.92. The van der Waals surface area contributed by atoms with Gasteiger partial charge in [-0.05, 0) is 6.08 Å². The van der Waals surface area contributed by atoms with Crippen LogP contribution in [0.1, 0.15) is 0 Å². The molecule has 0 spiro atoms. The van der Waals surface area contributed by atoms with Crippen LogP contribution in [0.25, 0.3) is 0 Å². The van der Waals surface area contributed by atoms with Gasteiger partial charge in [0.2, 0.25) is 0 Å². The van der Waals surface area contributed by atoms with Crippen molar-refractivity contribution >= 4 is 9.90 Å². The minimum atomic E-state index is -0.274. The molecule has 0 fully saturated rings. The van der Waals surface area contributed by atoms with Crippen LogP contribution in [0.4, 0.5) is 0 Å². The molecule has 50 valence electrons. The number of rotatable bonds is 2. The van der Waals surface area contributed by atoms with E-state index in [2.05, 4.69) is 6.58 Å². The van der Waals surface area contributed by atoms with Crippen molar-refractivity contribution in [1.29, 1.82) is 0 Å². The summed E-state index contributed by atoms with van der Waals surface area (Å²) in [4.78, 5) is 0. The predicted octanol–water partition coefficient (Wildman–Crippen LogP) is 0.805. The smallest absolute Gasteiger partial charge is 0.0964 e. The summed E-state index contributed by atoms with van der Waals surface area (Å²) in [6.07, 6.45) is 1.62. The van der Waals surface area contributed by atoms with Gasteiger partial charge in [0, 0.05) is 0 Å². The summed E-state index contributed by atoms with van der Waals surface area (Å²) in [5, 5.41) is 10.6. The third-order valence-corrected chi connectivity index (χ3v) is 0.569. The van der Waals surface area contributed by atoms with Crippen molar-refractivity contribution in [2.24, 2.45) is 0 Å². The lowest BCUT2D eigenvalue weighted by molar-refractivity contribution is -0.833. The summed E-state index contributed by atoms with van der Waals surface area (Å²) < 4.78 is -0.274. The van der Waals surface area contributed by atoms with E-state index in [1.54, 1.807) is 20.2 Å². The van der Waals surface area contributed by atoms with Gasteiger partial charge in [0.1, 0.15) is 0 Å². The number of nitrogens with zero attached hydrogens (tertiary/aromatic N) is 1. The van der Waals surface area contributed by atoms with Crippen molar-refractivity contribution in [3.63, 3.8) is 0 Å². The molecule has 0 saturated carbocycles. The van der Waals surface area contributed by atoms with Crippen molar-refractivity contribution in [3.05, 3.63) is 17.9 Å². The summed E-state index contributed by atoms with van der Waals surface area (Å²) in [5.74, 6) is 0. The Morgan fingerprint density at radius 2 is 2.00 bits per heavy atom. The molecule has 0 aliphatic rings. The van der Waals surface area contributed by atoms with Gasteiger partial charge in [-0.1, -0.05) is 6.58 Å². The molecule has 1 unspecified atom stereocenters. The summed E-state index contributed by atoms with van der Waals surface area (Å²) in [6.45, 7) is 3.92. The highest BCUT2D eigenvalue weighted by atomic mass is 31.0. The average molecular weight is 135 g/mol. The second-order valence-electron chi connectivity index (χ2n) is 2.05. The normalized spacial score (nSPS) is 9.88. The first-order chi connectivity index (χ1) is 3.06. The first-order valence-corrected chi connectivity index (χ1v) is 2.21. The maximum absolute atomic E-state index is 10.6. The standard InChI is InChI=1S/C5H11NO.H3P/c1-4-5-6(2,3)7;/h4H,1,5H2,2-3H3;1H3. The van der Waals surface area contributed by atoms with Gasteiger partial charge in [0.05, 0.1) is 20.6 Å². The summed E-state index contributed by atoms with van der Waals surface area (Å²) in [5.41, 5.74) is 0. The minimum absolute atomic E-state index is 0. The summed E-state index contributed by atoms with van der Waals surface area (Å²) >= 11 is 0. The van der Waals surface area contributed by atoms with Crippen LogP contribution in [0.15, 0.2) is 12.7 Å². The number of likely N-dealkylation sites (N-methyl/N-ethyl adjacent to an activating group) is 1. The second-order valence-corrected chi connectivity index (χ2v) is 2.05. The maximum Gasteiger partial charge on any atom is 0.0964 e. The van der Waals surface area contributed by atoms with E-state index in [9.17, 15) is 5.21 Å². The fourth-order valence-corrected chi connectivity index (χ4v) is 0.311. The van der Waals surface area contributed by atoms with E-state index in [4.69, 9.17) is 0 Å². The quantitative estimate of drug-likeness (QED) is 0.238. The molecule has 0 N–H and O–H groups in total. The van der Waals surface area contributed by atoms with E-state index in [1.165, 1.54) is 0 Å². The third kappa shape index (κ3) is 9.43. The summed E-state index contributed by atoms with van der Waals surface area (Å²) in [7, 11) is 3.17. The molecule has 0 aliphatic heterocycles. The molecule has 0 rings (SSSR count). The predicted molar refractivity (Wildman–Crippen MR) is 41.6 cm³/mol. The van der Waals surface area contributed by atoms with Gasteiger partial charge in [0.25, 0.3) is 0 Å². The fraction of sp³-hybridized carbons (Fsp3) is 0.600. The van der Waals surface area contributed by atoms with E-state index in [1.807, 2.05) is 0 Å². The van der Waals surface area contributed by atoms with Gasteiger partial charge in [-0.2, -0.15) is 9.90 Å². The molecule has 8 heavy (non-hydrogen) atoms. The van der Waals surface area contributed by atoms with Crippen LogP contribution in [-0.2, 0) is 0 Å². The highest BCUT2D eigenvalue weighted by molar-refractivity contribution is 6.92. The highest BCUT2D eigenvalue weighted by Crippen LogP contribution is 1.88. The van der Waals surface area contributed by atoms with Crippen molar-refractivity contribution in [3.8, 4) is 0 Å². The van der Waals surface area contributed by atoms with Crippen molar-refractivity contribution in [2.45, 2.75) is 0 Å². The first kappa shape index (κ1) is 11.0. The largest absolute Gasteiger partial charge is 0.633 e. The lowest BCUT2D eigenvalue weighted by atomic mass is 10.6. The molecular weight excluding hydrogens is 121 g/mol. The number of hydrogen-bond acceptors (Lipinski definition) is 1. The van der Waals surface area contributed by atoms with E-state index >= 15 is 0 Å². The zero-order chi connectivity index (χ0) is 5.91. The van der Waals surface area contributed by atoms with Gasteiger partial charge >= 0.3 is 0 Å². The zero-order valence-corrected chi connectivity index (χ0v) is 6.97. The van der Waals surface area contributed by atoms with Crippen LogP contribution >= 0.6 is 9.90 Å². The van der Waals surface area contributed by atoms with Crippen LogP contribution in [0.3, 0.4) is 0 Å². The number of hydrogen-bond donors (Lipinski definition) is 0. The van der Waals surface area contributed by atoms with Crippen LogP contribution < -0.4 is 0 Å². The Kier molecular flexibility index (Phi) is 5.51. The Morgan fingerprint density at radius 1 is 1.62 bits per heavy atom. The van der Waals surface area contributed by atoms with Crippen molar-refractivity contribution < 1.29 is 4.65 Å². The Labute approximate surface area is 54.0 Å². The van der Waals surface area contributed by atoms with Crippen LogP contribution in [0, 0.1) is 5.21 Å². The van der Waals surface area contributed by atoms with Gasteiger partial charge in [-0.3, -0.25) is 0 Å². The second kappa shape index (κ2) is 4.02. The fourth-order valence-electron chi connectivity index (χ4n) is 0.311.